The van der Waals surface area contributed by atoms with E-state index in [1.807, 2.05) is 6.20 Å². The summed E-state index contributed by atoms with van der Waals surface area (Å²) in [5, 5.41) is 4.41. The molecule has 1 aromatic heterocycles. The van der Waals surface area contributed by atoms with E-state index in [1.54, 1.807) is 0 Å². The number of unbranched alkanes of at least 4 members (excludes halogenated alkanes) is 4. The van der Waals surface area contributed by atoms with Gasteiger partial charge in [0.15, 0.2) is 0 Å². The molecule has 20 heavy (non-hydrogen) atoms. The van der Waals surface area contributed by atoms with Gasteiger partial charge in [0, 0.05) is 12.7 Å². The van der Waals surface area contributed by atoms with Crippen molar-refractivity contribution in [2.75, 3.05) is 19.6 Å². The molecule has 0 atom stereocenters. The molecule has 1 aromatic rings. The SMILES string of the molecule is CCCCCCCN1CCC(Cn2cc(C)cn2)CC1. The number of likely N-dealkylation sites (tertiary alicyclic amines) is 1. The van der Waals surface area contributed by atoms with Gasteiger partial charge >= 0.3 is 0 Å². The first-order valence-electron chi connectivity index (χ1n) is 8.49. The second kappa shape index (κ2) is 8.46. The quantitative estimate of drug-likeness (QED) is 0.673. The van der Waals surface area contributed by atoms with Crippen LogP contribution in [0.15, 0.2) is 12.4 Å². The van der Waals surface area contributed by atoms with Crippen LogP contribution in [0.5, 0.6) is 0 Å². The Balaban J connectivity index is 1.58. The minimum Gasteiger partial charge on any atom is -0.303 e. The molecular weight excluding hydrogens is 246 g/mol. The summed E-state index contributed by atoms with van der Waals surface area (Å²) in [4.78, 5) is 2.66. The van der Waals surface area contributed by atoms with Gasteiger partial charge < -0.3 is 4.90 Å². The van der Waals surface area contributed by atoms with Crippen molar-refractivity contribution >= 4 is 0 Å². The Morgan fingerprint density at radius 3 is 2.55 bits per heavy atom. The molecule has 1 saturated heterocycles. The summed E-state index contributed by atoms with van der Waals surface area (Å²) >= 11 is 0. The molecule has 0 saturated carbocycles. The molecular formula is C17H31N3. The largest absolute Gasteiger partial charge is 0.303 e. The average Bonchev–Trinajstić information content (AvgIpc) is 2.86. The number of hydrogen-bond acceptors (Lipinski definition) is 2. The lowest BCUT2D eigenvalue weighted by Gasteiger charge is -2.31. The first kappa shape index (κ1) is 15.6. The van der Waals surface area contributed by atoms with Crippen molar-refractivity contribution in [1.82, 2.24) is 14.7 Å². The van der Waals surface area contributed by atoms with Crippen molar-refractivity contribution in [3.05, 3.63) is 18.0 Å². The summed E-state index contributed by atoms with van der Waals surface area (Å²) in [6.07, 6.45) is 13.8. The minimum atomic E-state index is 0.825. The summed E-state index contributed by atoms with van der Waals surface area (Å²) in [6, 6.07) is 0. The summed E-state index contributed by atoms with van der Waals surface area (Å²) < 4.78 is 2.13. The van der Waals surface area contributed by atoms with Gasteiger partial charge in [-0.05, 0) is 57.3 Å². The third kappa shape index (κ3) is 5.28. The van der Waals surface area contributed by atoms with Crippen LogP contribution in [0.2, 0.25) is 0 Å². The van der Waals surface area contributed by atoms with Gasteiger partial charge in [-0.15, -0.1) is 0 Å². The highest BCUT2D eigenvalue weighted by Crippen LogP contribution is 2.19. The van der Waals surface area contributed by atoms with Gasteiger partial charge in [0.2, 0.25) is 0 Å². The fourth-order valence-corrected chi connectivity index (χ4v) is 3.16. The molecule has 1 aliphatic rings. The van der Waals surface area contributed by atoms with Crippen LogP contribution in [0.4, 0.5) is 0 Å². The van der Waals surface area contributed by atoms with Gasteiger partial charge in [-0.3, -0.25) is 4.68 Å². The van der Waals surface area contributed by atoms with E-state index in [0.717, 1.165) is 12.5 Å². The highest BCUT2D eigenvalue weighted by Gasteiger charge is 2.19. The molecule has 114 valence electrons. The van der Waals surface area contributed by atoms with Crippen LogP contribution < -0.4 is 0 Å². The Labute approximate surface area is 124 Å². The second-order valence-corrected chi connectivity index (χ2v) is 6.44. The van der Waals surface area contributed by atoms with E-state index in [0.29, 0.717) is 0 Å². The van der Waals surface area contributed by atoms with Gasteiger partial charge in [-0.2, -0.15) is 5.10 Å². The monoisotopic (exact) mass is 277 g/mol. The second-order valence-electron chi connectivity index (χ2n) is 6.44. The molecule has 0 spiro atoms. The van der Waals surface area contributed by atoms with E-state index < -0.39 is 0 Å². The van der Waals surface area contributed by atoms with Crippen LogP contribution in [0.3, 0.4) is 0 Å². The Morgan fingerprint density at radius 1 is 1.15 bits per heavy atom. The van der Waals surface area contributed by atoms with E-state index in [-0.39, 0.29) is 0 Å². The van der Waals surface area contributed by atoms with Crippen LogP contribution in [0, 0.1) is 12.8 Å². The average molecular weight is 277 g/mol. The van der Waals surface area contributed by atoms with E-state index >= 15 is 0 Å². The predicted octanol–water partition coefficient (Wildman–Crippen LogP) is 3.87. The zero-order valence-electron chi connectivity index (χ0n) is 13.4. The van der Waals surface area contributed by atoms with Gasteiger partial charge in [0.1, 0.15) is 0 Å². The fourth-order valence-electron chi connectivity index (χ4n) is 3.16. The molecule has 0 radical (unpaired) electrons. The van der Waals surface area contributed by atoms with Crippen molar-refractivity contribution in [3.63, 3.8) is 0 Å². The first-order chi connectivity index (χ1) is 9.78. The topological polar surface area (TPSA) is 21.1 Å². The Bertz CT molecular complexity index is 364. The number of hydrogen-bond donors (Lipinski definition) is 0. The zero-order chi connectivity index (χ0) is 14.2. The Hall–Kier alpha value is -0.830. The van der Waals surface area contributed by atoms with Gasteiger partial charge in [-0.25, -0.2) is 0 Å². The van der Waals surface area contributed by atoms with Crippen molar-refractivity contribution < 1.29 is 0 Å². The summed E-state index contributed by atoms with van der Waals surface area (Å²) in [7, 11) is 0. The van der Waals surface area contributed by atoms with Gasteiger partial charge in [-0.1, -0.05) is 32.6 Å². The lowest BCUT2D eigenvalue weighted by Crippen LogP contribution is -2.35. The molecule has 0 unspecified atom stereocenters. The lowest BCUT2D eigenvalue weighted by molar-refractivity contribution is 0.168. The van der Waals surface area contributed by atoms with Crippen molar-refractivity contribution in [3.8, 4) is 0 Å². The molecule has 0 amide bonds. The van der Waals surface area contributed by atoms with Crippen molar-refractivity contribution in [2.45, 2.75) is 65.3 Å². The fraction of sp³-hybridized carbons (Fsp3) is 0.824. The Kier molecular flexibility index (Phi) is 6.58. The minimum absolute atomic E-state index is 0.825. The highest BCUT2D eigenvalue weighted by atomic mass is 15.3. The maximum atomic E-state index is 4.41. The van der Waals surface area contributed by atoms with E-state index in [2.05, 4.69) is 34.7 Å². The first-order valence-corrected chi connectivity index (χ1v) is 8.49. The van der Waals surface area contributed by atoms with E-state index in [9.17, 15) is 0 Å². The van der Waals surface area contributed by atoms with Crippen LogP contribution in [0.1, 0.15) is 57.4 Å². The number of nitrogens with zero attached hydrogens (tertiary/aromatic N) is 3. The van der Waals surface area contributed by atoms with Gasteiger partial charge in [0.05, 0.1) is 6.20 Å². The zero-order valence-corrected chi connectivity index (χ0v) is 13.4. The number of piperidine rings is 1. The molecule has 0 aliphatic carbocycles. The molecule has 0 bridgehead atoms. The smallest absolute Gasteiger partial charge is 0.0518 e. The molecule has 3 heteroatoms. The van der Waals surface area contributed by atoms with Gasteiger partial charge in [0.25, 0.3) is 0 Å². The molecule has 1 aliphatic heterocycles. The van der Waals surface area contributed by atoms with Crippen LogP contribution in [-0.4, -0.2) is 34.3 Å². The van der Waals surface area contributed by atoms with Crippen LogP contribution in [-0.2, 0) is 6.54 Å². The molecule has 3 nitrogen and oxygen atoms in total. The third-order valence-corrected chi connectivity index (χ3v) is 4.49. The summed E-state index contributed by atoms with van der Waals surface area (Å²) in [5.41, 5.74) is 1.27. The third-order valence-electron chi connectivity index (χ3n) is 4.49. The van der Waals surface area contributed by atoms with Crippen molar-refractivity contribution in [1.29, 1.82) is 0 Å². The van der Waals surface area contributed by atoms with Crippen molar-refractivity contribution in [2.24, 2.45) is 5.92 Å². The number of aryl methyl sites for hydroxylation is 1. The number of rotatable bonds is 8. The Morgan fingerprint density at radius 2 is 1.90 bits per heavy atom. The highest BCUT2D eigenvalue weighted by molar-refractivity contribution is 4.99. The molecule has 0 N–H and O–H groups in total. The van der Waals surface area contributed by atoms with E-state index in [4.69, 9.17) is 0 Å². The lowest BCUT2D eigenvalue weighted by atomic mass is 9.96. The van der Waals surface area contributed by atoms with Crippen LogP contribution in [0.25, 0.3) is 0 Å². The molecule has 1 fully saturated rings. The molecule has 2 rings (SSSR count). The summed E-state index contributed by atoms with van der Waals surface area (Å²) in [6.45, 7) is 9.41. The standard InChI is InChI=1S/C17H31N3/c1-3-4-5-6-7-10-19-11-8-17(9-12-19)15-20-14-16(2)13-18-20/h13-14,17H,3-12,15H2,1-2H3. The summed E-state index contributed by atoms with van der Waals surface area (Å²) in [5.74, 6) is 0.825. The molecule has 2 heterocycles. The normalized spacial score (nSPS) is 17.7. The maximum Gasteiger partial charge on any atom is 0.0518 e. The number of aromatic nitrogens is 2. The van der Waals surface area contributed by atoms with Crippen LogP contribution >= 0.6 is 0 Å². The predicted molar refractivity (Wildman–Crippen MR) is 84.9 cm³/mol. The maximum absolute atomic E-state index is 4.41. The van der Waals surface area contributed by atoms with E-state index in [1.165, 1.54) is 70.1 Å². The molecule has 0 aromatic carbocycles.